The molecular formula is C22H22N2O2. The molecule has 1 heterocycles. The molecule has 132 valence electrons. The van der Waals surface area contributed by atoms with Crippen molar-refractivity contribution < 1.29 is 10.0 Å². The number of pyridine rings is 1. The summed E-state index contributed by atoms with van der Waals surface area (Å²) >= 11 is 0. The maximum Gasteiger partial charge on any atom is 0.275 e. The highest BCUT2D eigenvalue weighted by atomic mass is 16.5. The van der Waals surface area contributed by atoms with Crippen molar-refractivity contribution in [2.45, 2.75) is 26.2 Å². The molecule has 3 rings (SSSR count). The summed E-state index contributed by atoms with van der Waals surface area (Å²) in [5.41, 5.74) is 5.59. The number of nitrogens with zero attached hydrogens (tertiary/aromatic N) is 1. The Bertz CT molecular complexity index is 931. The molecule has 0 unspecified atom stereocenters. The quantitative estimate of drug-likeness (QED) is 0.365. The van der Waals surface area contributed by atoms with Gasteiger partial charge in [0, 0.05) is 10.9 Å². The number of hydrogen-bond donors (Lipinski definition) is 2. The SMILES string of the molecule is CCCC/C=C/c1ccc(-c2cc(C(=O)NO)c3ccccc3n2)cc1. The second-order valence-corrected chi connectivity index (χ2v) is 6.18. The predicted molar refractivity (Wildman–Crippen MR) is 105 cm³/mol. The van der Waals surface area contributed by atoms with Gasteiger partial charge in [0.2, 0.25) is 0 Å². The first-order valence-corrected chi connectivity index (χ1v) is 8.84. The van der Waals surface area contributed by atoms with E-state index in [0.29, 0.717) is 22.2 Å². The number of carbonyl (C=O) groups excluding carboxylic acids is 1. The van der Waals surface area contributed by atoms with Crippen LogP contribution in [0.1, 0.15) is 42.1 Å². The summed E-state index contributed by atoms with van der Waals surface area (Å²) in [4.78, 5) is 16.7. The van der Waals surface area contributed by atoms with Crippen LogP contribution in [-0.2, 0) is 0 Å². The monoisotopic (exact) mass is 346 g/mol. The van der Waals surface area contributed by atoms with Crippen LogP contribution in [0.2, 0.25) is 0 Å². The van der Waals surface area contributed by atoms with Crippen molar-refractivity contribution in [3.8, 4) is 11.3 Å². The number of benzene rings is 2. The largest absolute Gasteiger partial charge is 0.288 e. The van der Waals surface area contributed by atoms with Crippen LogP contribution in [0.25, 0.3) is 28.2 Å². The summed E-state index contributed by atoms with van der Waals surface area (Å²) in [5, 5.41) is 9.75. The number of nitrogens with one attached hydrogen (secondary N) is 1. The van der Waals surface area contributed by atoms with E-state index in [1.807, 2.05) is 48.5 Å². The summed E-state index contributed by atoms with van der Waals surface area (Å²) in [6.45, 7) is 2.19. The third-order valence-electron chi connectivity index (χ3n) is 4.30. The molecular weight excluding hydrogens is 324 g/mol. The average Bonchev–Trinajstić information content (AvgIpc) is 2.70. The number of allylic oxidation sites excluding steroid dienone is 1. The van der Waals surface area contributed by atoms with E-state index in [-0.39, 0.29) is 0 Å². The third kappa shape index (κ3) is 3.98. The number of hydroxylamine groups is 1. The molecule has 0 saturated heterocycles. The first kappa shape index (κ1) is 17.8. The van der Waals surface area contributed by atoms with Gasteiger partial charge in [-0.25, -0.2) is 10.5 Å². The standard InChI is InChI=1S/C22H22N2O2/c1-2-3-4-5-8-16-11-13-17(14-12-16)21-15-19(22(25)24-26)18-9-6-7-10-20(18)23-21/h5-15,26H,2-4H2,1H3,(H,24,25)/b8-5+. The number of rotatable bonds is 6. The van der Waals surface area contributed by atoms with Gasteiger partial charge in [0.15, 0.2) is 0 Å². The topological polar surface area (TPSA) is 62.2 Å². The lowest BCUT2D eigenvalue weighted by atomic mass is 10.0. The van der Waals surface area contributed by atoms with Gasteiger partial charge in [0.05, 0.1) is 16.8 Å². The molecule has 0 fully saturated rings. The number of para-hydroxylation sites is 1. The van der Waals surface area contributed by atoms with E-state index in [1.165, 1.54) is 12.8 Å². The summed E-state index contributed by atoms with van der Waals surface area (Å²) in [6.07, 6.45) is 7.80. The van der Waals surface area contributed by atoms with Crippen molar-refractivity contribution in [1.29, 1.82) is 0 Å². The van der Waals surface area contributed by atoms with Crippen LogP contribution in [0.5, 0.6) is 0 Å². The summed E-state index contributed by atoms with van der Waals surface area (Å²) < 4.78 is 0. The van der Waals surface area contributed by atoms with E-state index < -0.39 is 5.91 Å². The molecule has 0 radical (unpaired) electrons. The van der Waals surface area contributed by atoms with Gasteiger partial charge in [0.25, 0.3) is 5.91 Å². The Balaban J connectivity index is 1.95. The van der Waals surface area contributed by atoms with E-state index in [1.54, 1.807) is 11.5 Å². The van der Waals surface area contributed by atoms with Crippen molar-refractivity contribution in [3.05, 3.63) is 71.8 Å². The Morgan fingerprint density at radius 2 is 1.92 bits per heavy atom. The summed E-state index contributed by atoms with van der Waals surface area (Å²) in [5.74, 6) is -0.541. The van der Waals surface area contributed by atoms with Crippen LogP contribution in [-0.4, -0.2) is 16.1 Å². The van der Waals surface area contributed by atoms with Crippen LogP contribution in [0.15, 0.2) is 60.7 Å². The fraction of sp³-hybridized carbons (Fsp3) is 0.182. The van der Waals surface area contributed by atoms with Crippen LogP contribution < -0.4 is 5.48 Å². The smallest absolute Gasteiger partial charge is 0.275 e. The molecule has 2 N–H and O–H groups in total. The van der Waals surface area contributed by atoms with Crippen molar-refractivity contribution in [1.82, 2.24) is 10.5 Å². The van der Waals surface area contributed by atoms with Crippen molar-refractivity contribution in [3.63, 3.8) is 0 Å². The highest BCUT2D eigenvalue weighted by molar-refractivity contribution is 6.06. The maximum atomic E-state index is 12.0. The molecule has 4 nitrogen and oxygen atoms in total. The van der Waals surface area contributed by atoms with E-state index >= 15 is 0 Å². The Morgan fingerprint density at radius 1 is 1.15 bits per heavy atom. The summed E-state index contributed by atoms with van der Waals surface area (Å²) in [6, 6.07) is 17.2. The highest BCUT2D eigenvalue weighted by Gasteiger charge is 2.13. The number of unbranched alkanes of at least 4 members (excludes halogenated alkanes) is 2. The number of hydrogen-bond acceptors (Lipinski definition) is 3. The van der Waals surface area contributed by atoms with Gasteiger partial charge in [-0.3, -0.25) is 10.0 Å². The summed E-state index contributed by atoms with van der Waals surface area (Å²) in [7, 11) is 0. The Morgan fingerprint density at radius 3 is 2.65 bits per heavy atom. The minimum atomic E-state index is -0.541. The van der Waals surface area contributed by atoms with E-state index in [2.05, 4.69) is 24.1 Å². The molecule has 3 aromatic rings. The molecule has 0 aliphatic heterocycles. The van der Waals surface area contributed by atoms with E-state index in [9.17, 15) is 4.79 Å². The minimum Gasteiger partial charge on any atom is -0.288 e. The van der Waals surface area contributed by atoms with Crippen molar-refractivity contribution in [2.24, 2.45) is 0 Å². The van der Waals surface area contributed by atoms with Gasteiger partial charge in [-0.2, -0.15) is 0 Å². The van der Waals surface area contributed by atoms with Crippen LogP contribution in [0.3, 0.4) is 0 Å². The zero-order chi connectivity index (χ0) is 18.4. The number of carbonyl (C=O) groups is 1. The zero-order valence-electron chi connectivity index (χ0n) is 14.8. The Kier molecular flexibility index (Phi) is 5.77. The molecule has 0 spiro atoms. The highest BCUT2D eigenvalue weighted by Crippen LogP contribution is 2.25. The second kappa shape index (κ2) is 8.41. The van der Waals surface area contributed by atoms with Gasteiger partial charge in [-0.15, -0.1) is 0 Å². The molecule has 4 heteroatoms. The Hall–Kier alpha value is -2.98. The van der Waals surface area contributed by atoms with Crippen molar-refractivity contribution >= 4 is 22.9 Å². The lowest BCUT2D eigenvalue weighted by Crippen LogP contribution is -2.19. The average molecular weight is 346 g/mol. The number of amides is 1. The lowest BCUT2D eigenvalue weighted by Gasteiger charge is -2.09. The van der Waals surface area contributed by atoms with Gasteiger partial charge < -0.3 is 0 Å². The maximum absolute atomic E-state index is 12.0. The molecule has 1 amide bonds. The zero-order valence-corrected chi connectivity index (χ0v) is 14.8. The van der Waals surface area contributed by atoms with Crippen molar-refractivity contribution in [2.75, 3.05) is 0 Å². The number of fused-ring (bicyclic) bond motifs is 1. The molecule has 0 aliphatic carbocycles. The first-order chi connectivity index (χ1) is 12.7. The molecule has 0 aliphatic rings. The Labute approximate surface area is 153 Å². The molecule has 0 bridgehead atoms. The fourth-order valence-electron chi connectivity index (χ4n) is 2.88. The minimum absolute atomic E-state index is 0.400. The normalized spacial score (nSPS) is 11.2. The molecule has 1 aromatic heterocycles. The predicted octanol–water partition coefficient (Wildman–Crippen LogP) is 5.22. The molecule has 2 aromatic carbocycles. The van der Waals surface area contributed by atoms with Crippen LogP contribution in [0, 0.1) is 0 Å². The lowest BCUT2D eigenvalue weighted by molar-refractivity contribution is 0.0708. The van der Waals surface area contributed by atoms with Gasteiger partial charge in [-0.05, 0) is 24.1 Å². The van der Waals surface area contributed by atoms with E-state index in [0.717, 1.165) is 17.5 Å². The second-order valence-electron chi connectivity index (χ2n) is 6.18. The molecule has 0 saturated carbocycles. The molecule has 0 atom stereocenters. The molecule has 26 heavy (non-hydrogen) atoms. The van der Waals surface area contributed by atoms with Crippen LogP contribution >= 0.6 is 0 Å². The van der Waals surface area contributed by atoms with Gasteiger partial charge in [-0.1, -0.05) is 74.4 Å². The third-order valence-corrected chi connectivity index (χ3v) is 4.30. The number of aromatic nitrogens is 1. The van der Waals surface area contributed by atoms with Gasteiger partial charge in [0.1, 0.15) is 0 Å². The first-order valence-electron chi connectivity index (χ1n) is 8.84. The van der Waals surface area contributed by atoms with E-state index in [4.69, 9.17) is 5.21 Å². The fourth-order valence-corrected chi connectivity index (χ4v) is 2.88. The van der Waals surface area contributed by atoms with Crippen LogP contribution in [0.4, 0.5) is 0 Å². The van der Waals surface area contributed by atoms with Gasteiger partial charge >= 0.3 is 0 Å².